The van der Waals surface area contributed by atoms with Crippen molar-refractivity contribution in [1.29, 1.82) is 0 Å². The van der Waals surface area contributed by atoms with Crippen molar-refractivity contribution in [1.82, 2.24) is 4.98 Å². The number of halogens is 3. The first-order valence-electron chi connectivity index (χ1n) is 7.23. The minimum Gasteiger partial charge on any atom is -0.478 e. The highest BCUT2D eigenvalue weighted by molar-refractivity contribution is 5.96. The third kappa shape index (κ3) is 3.10. The maximum atomic E-state index is 12.8. The lowest BCUT2D eigenvalue weighted by molar-refractivity contribution is -0.137. The van der Waals surface area contributed by atoms with Crippen molar-refractivity contribution < 1.29 is 23.1 Å². The first-order chi connectivity index (χ1) is 11.4. The van der Waals surface area contributed by atoms with E-state index < -0.39 is 17.7 Å². The van der Waals surface area contributed by atoms with E-state index in [4.69, 9.17) is 0 Å². The number of fused-ring (bicyclic) bond motifs is 1. The fourth-order valence-electron chi connectivity index (χ4n) is 2.57. The number of allylic oxidation sites excluding steroid dienone is 2. The SMILES string of the molecule is O=C(O)C1=CCCC=C1Nc1ccnc2cc(C(F)(F)F)ccc12. The van der Waals surface area contributed by atoms with Crippen LogP contribution in [0.5, 0.6) is 0 Å². The monoisotopic (exact) mass is 334 g/mol. The Labute approximate surface area is 135 Å². The molecular weight excluding hydrogens is 321 g/mol. The topological polar surface area (TPSA) is 62.2 Å². The van der Waals surface area contributed by atoms with Crippen LogP contribution in [0.3, 0.4) is 0 Å². The van der Waals surface area contributed by atoms with Crippen molar-refractivity contribution in [2.45, 2.75) is 19.0 Å². The normalized spacial score (nSPS) is 15.0. The average Bonchev–Trinajstić information content (AvgIpc) is 2.54. The predicted octanol–water partition coefficient (Wildman–Crippen LogP) is 4.35. The second-order valence-corrected chi connectivity index (χ2v) is 5.33. The smallest absolute Gasteiger partial charge is 0.416 e. The molecule has 4 nitrogen and oxygen atoms in total. The number of hydrogen-bond donors (Lipinski definition) is 2. The average molecular weight is 334 g/mol. The summed E-state index contributed by atoms with van der Waals surface area (Å²) >= 11 is 0. The Bertz CT molecular complexity index is 870. The predicted molar refractivity (Wildman–Crippen MR) is 83.4 cm³/mol. The van der Waals surface area contributed by atoms with Crippen LogP contribution in [0.25, 0.3) is 10.9 Å². The molecule has 0 bridgehead atoms. The van der Waals surface area contributed by atoms with E-state index in [1.54, 1.807) is 18.2 Å². The van der Waals surface area contributed by atoms with Gasteiger partial charge in [-0.3, -0.25) is 4.98 Å². The molecule has 0 amide bonds. The van der Waals surface area contributed by atoms with Crippen LogP contribution in [-0.4, -0.2) is 16.1 Å². The molecule has 0 unspecified atom stereocenters. The van der Waals surface area contributed by atoms with Gasteiger partial charge in [-0.25, -0.2) is 4.79 Å². The zero-order valence-electron chi connectivity index (χ0n) is 12.4. The minimum atomic E-state index is -4.44. The Morgan fingerprint density at radius 2 is 1.92 bits per heavy atom. The van der Waals surface area contributed by atoms with Crippen LogP contribution >= 0.6 is 0 Å². The summed E-state index contributed by atoms with van der Waals surface area (Å²) in [7, 11) is 0. The summed E-state index contributed by atoms with van der Waals surface area (Å²) in [5.74, 6) is -1.05. The molecule has 0 radical (unpaired) electrons. The molecule has 1 aromatic carbocycles. The zero-order chi connectivity index (χ0) is 17.3. The summed E-state index contributed by atoms with van der Waals surface area (Å²) in [4.78, 5) is 15.3. The minimum absolute atomic E-state index is 0.151. The molecule has 2 N–H and O–H groups in total. The number of rotatable bonds is 3. The Morgan fingerprint density at radius 1 is 1.17 bits per heavy atom. The van der Waals surface area contributed by atoms with E-state index in [1.165, 1.54) is 12.3 Å². The van der Waals surface area contributed by atoms with Gasteiger partial charge in [0.2, 0.25) is 0 Å². The van der Waals surface area contributed by atoms with Gasteiger partial charge in [-0.2, -0.15) is 13.2 Å². The number of aromatic nitrogens is 1. The van der Waals surface area contributed by atoms with Gasteiger partial charge in [0.1, 0.15) is 0 Å². The summed E-state index contributed by atoms with van der Waals surface area (Å²) in [6, 6.07) is 4.90. The summed E-state index contributed by atoms with van der Waals surface area (Å²) in [5.41, 5.74) is 0.503. The maximum absolute atomic E-state index is 12.8. The number of hydrogen-bond acceptors (Lipinski definition) is 3. The third-order valence-corrected chi connectivity index (χ3v) is 3.72. The number of nitrogens with one attached hydrogen (secondary N) is 1. The van der Waals surface area contributed by atoms with Crippen molar-refractivity contribution in [2.75, 3.05) is 5.32 Å². The number of alkyl halides is 3. The van der Waals surface area contributed by atoms with Gasteiger partial charge >= 0.3 is 12.1 Å². The molecule has 0 fully saturated rings. The maximum Gasteiger partial charge on any atom is 0.416 e. The zero-order valence-corrected chi connectivity index (χ0v) is 12.4. The number of anilines is 1. The number of nitrogens with zero attached hydrogens (tertiary/aromatic N) is 1. The van der Waals surface area contributed by atoms with Crippen molar-refractivity contribution in [3.8, 4) is 0 Å². The van der Waals surface area contributed by atoms with Crippen molar-refractivity contribution in [2.24, 2.45) is 0 Å². The molecule has 3 rings (SSSR count). The standard InChI is InChI=1S/C17H13F3N2O2/c18-17(19,20)10-5-6-11-14(7-8-21-15(11)9-10)22-13-4-2-1-3-12(13)16(23)24/h3-9H,1-2H2,(H,21,22)(H,23,24). The number of carbonyl (C=O) groups is 1. The Balaban J connectivity index is 2.00. The van der Waals surface area contributed by atoms with Crippen LogP contribution in [-0.2, 0) is 11.0 Å². The molecule has 1 aliphatic rings. The lowest BCUT2D eigenvalue weighted by atomic mass is 10.0. The van der Waals surface area contributed by atoms with E-state index in [1.807, 2.05) is 0 Å². The highest BCUT2D eigenvalue weighted by Gasteiger charge is 2.30. The molecule has 0 spiro atoms. The van der Waals surface area contributed by atoms with E-state index in [-0.39, 0.29) is 11.1 Å². The molecule has 24 heavy (non-hydrogen) atoms. The molecule has 2 aromatic rings. The lowest BCUT2D eigenvalue weighted by Gasteiger charge is -2.17. The molecule has 1 aliphatic carbocycles. The molecule has 0 aliphatic heterocycles. The van der Waals surface area contributed by atoms with Crippen molar-refractivity contribution in [3.63, 3.8) is 0 Å². The summed E-state index contributed by atoms with van der Waals surface area (Å²) < 4.78 is 38.4. The fraction of sp³-hybridized carbons (Fsp3) is 0.176. The van der Waals surface area contributed by atoms with Crippen LogP contribution in [0.1, 0.15) is 18.4 Å². The number of aliphatic carboxylic acids is 1. The largest absolute Gasteiger partial charge is 0.478 e. The number of benzene rings is 1. The summed E-state index contributed by atoms with van der Waals surface area (Å²) in [5, 5.41) is 12.7. The molecule has 1 heterocycles. The van der Waals surface area contributed by atoms with Crippen LogP contribution < -0.4 is 5.32 Å². The van der Waals surface area contributed by atoms with E-state index in [0.717, 1.165) is 12.1 Å². The van der Waals surface area contributed by atoms with Crippen LogP contribution in [0.4, 0.5) is 18.9 Å². The molecule has 0 atom stereocenters. The third-order valence-electron chi connectivity index (χ3n) is 3.72. The number of carboxylic acid groups (broad SMARTS) is 1. The molecule has 7 heteroatoms. The van der Waals surface area contributed by atoms with Crippen LogP contribution in [0.15, 0.2) is 53.9 Å². The fourth-order valence-corrected chi connectivity index (χ4v) is 2.57. The Morgan fingerprint density at radius 3 is 2.62 bits per heavy atom. The summed E-state index contributed by atoms with van der Waals surface area (Å²) in [6.07, 6.45) is 1.66. The summed E-state index contributed by atoms with van der Waals surface area (Å²) in [6.45, 7) is 0. The molecule has 0 saturated carbocycles. The van der Waals surface area contributed by atoms with Gasteiger partial charge in [0.05, 0.1) is 16.7 Å². The first-order valence-corrected chi connectivity index (χ1v) is 7.23. The van der Waals surface area contributed by atoms with Crippen LogP contribution in [0, 0.1) is 0 Å². The van der Waals surface area contributed by atoms with E-state index in [2.05, 4.69) is 10.3 Å². The second kappa shape index (κ2) is 5.99. The quantitative estimate of drug-likeness (QED) is 0.876. The van der Waals surface area contributed by atoms with Gasteiger partial charge in [0, 0.05) is 23.0 Å². The molecule has 0 saturated heterocycles. The molecular formula is C17H13F3N2O2. The van der Waals surface area contributed by atoms with Gasteiger partial charge in [-0.05, 0) is 31.0 Å². The Hall–Kier alpha value is -2.83. The van der Waals surface area contributed by atoms with Crippen molar-refractivity contribution in [3.05, 3.63) is 59.4 Å². The number of carboxylic acids is 1. The first kappa shape index (κ1) is 16.0. The van der Waals surface area contributed by atoms with E-state index >= 15 is 0 Å². The Kier molecular flexibility index (Phi) is 4.01. The number of pyridine rings is 1. The van der Waals surface area contributed by atoms with Gasteiger partial charge in [-0.15, -0.1) is 0 Å². The van der Waals surface area contributed by atoms with E-state index in [0.29, 0.717) is 29.6 Å². The lowest BCUT2D eigenvalue weighted by Crippen LogP contribution is -2.13. The van der Waals surface area contributed by atoms with Gasteiger partial charge in [0.25, 0.3) is 0 Å². The van der Waals surface area contributed by atoms with E-state index in [9.17, 15) is 23.1 Å². The highest BCUT2D eigenvalue weighted by atomic mass is 19.4. The van der Waals surface area contributed by atoms with Crippen molar-refractivity contribution >= 4 is 22.6 Å². The van der Waals surface area contributed by atoms with Gasteiger partial charge < -0.3 is 10.4 Å². The van der Waals surface area contributed by atoms with Crippen LogP contribution in [0.2, 0.25) is 0 Å². The molecule has 1 aromatic heterocycles. The highest BCUT2D eigenvalue weighted by Crippen LogP contribution is 2.33. The van der Waals surface area contributed by atoms with Gasteiger partial charge in [0.15, 0.2) is 0 Å². The van der Waals surface area contributed by atoms with Gasteiger partial charge in [-0.1, -0.05) is 18.2 Å². The second-order valence-electron chi connectivity index (χ2n) is 5.33. The molecule has 124 valence electrons.